The van der Waals surface area contributed by atoms with Crippen molar-refractivity contribution in [2.24, 2.45) is 5.14 Å². The Balaban J connectivity index is 1.82. The number of rotatable bonds is 6. The van der Waals surface area contributed by atoms with Crippen molar-refractivity contribution in [2.75, 3.05) is 0 Å². The third kappa shape index (κ3) is 3.96. The van der Waals surface area contributed by atoms with Gasteiger partial charge >= 0.3 is 0 Å². The summed E-state index contributed by atoms with van der Waals surface area (Å²) in [7, 11) is -7.79. The van der Waals surface area contributed by atoms with Crippen LogP contribution in [0.25, 0.3) is 11.5 Å². The van der Waals surface area contributed by atoms with Crippen molar-refractivity contribution < 1.29 is 21.3 Å². The summed E-state index contributed by atoms with van der Waals surface area (Å²) in [4.78, 5) is 8.02. The molecule has 3 N–H and O–H groups in total. The van der Waals surface area contributed by atoms with E-state index in [0.29, 0.717) is 17.1 Å². The fraction of sp³-hybridized carbons (Fsp3) is 0.0667. The van der Waals surface area contributed by atoms with Gasteiger partial charge in [0.25, 0.3) is 0 Å². The highest BCUT2D eigenvalue weighted by molar-refractivity contribution is 7.89. The average Bonchev–Trinajstić information content (AvgIpc) is 3.14. The molecule has 0 unspecified atom stereocenters. The fourth-order valence-electron chi connectivity index (χ4n) is 2.17. The van der Waals surface area contributed by atoms with Crippen LogP contribution in [-0.2, 0) is 26.6 Å². The summed E-state index contributed by atoms with van der Waals surface area (Å²) in [6.07, 6.45) is 4.39. The maximum Gasteiger partial charge on any atom is 0.240 e. The Kier molecular flexibility index (Phi) is 4.87. The molecule has 1 aromatic carbocycles. The zero-order valence-electron chi connectivity index (χ0n) is 13.2. The second kappa shape index (κ2) is 6.96. The first-order valence-electron chi connectivity index (χ1n) is 7.24. The lowest BCUT2D eigenvalue weighted by atomic mass is 10.2. The van der Waals surface area contributed by atoms with Gasteiger partial charge in [0.05, 0.1) is 28.3 Å². The molecule has 2 heterocycles. The number of primary sulfonamides is 1. The molecule has 136 valence electrons. The first-order valence-corrected chi connectivity index (χ1v) is 10.3. The number of sulfonamides is 2. The van der Waals surface area contributed by atoms with Gasteiger partial charge in [0.15, 0.2) is 5.76 Å². The van der Waals surface area contributed by atoms with Crippen molar-refractivity contribution in [1.82, 2.24) is 14.7 Å². The number of nitrogens with zero attached hydrogens (tertiary/aromatic N) is 2. The van der Waals surface area contributed by atoms with E-state index in [0.717, 1.165) is 24.3 Å². The average molecular weight is 394 g/mol. The Morgan fingerprint density at radius 2 is 1.62 bits per heavy atom. The normalized spacial score (nSPS) is 12.2. The van der Waals surface area contributed by atoms with Crippen LogP contribution in [0, 0.1) is 0 Å². The lowest BCUT2D eigenvalue weighted by Crippen LogP contribution is -2.24. The van der Waals surface area contributed by atoms with Gasteiger partial charge in [-0.3, -0.25) is 4.98 Å². The molecular formula is C15H14N4O5S2. The van der Waals surface area contributed by atoms with Gasteiger partial charge in [0.2, 0.25) is 20.0 Å². The minimum atomic E-state index is -3.89. The van der Waals surface area contributed by atoms with Crippen molar-refractivity contribution in [3.63, 3.8) is 0 Å². The zero-order chi connectivity index (χ0) is 18.8. The maximum absolute atomic E-state index is 12.4. The van der Waals surface area contributed by atoms with Crippen LogP contribution in [0.1, 0.15) is 5.69 Å². The van der Waals surface area contributed by atoms with Crippen LogP contribution in [0.15, 0.2) is 69.3 Å². The number of nitrogens with two attached hydrogens (primary N) is 1. The third-order valence-corrected chi connectivity index (χ3v) is 5.77. The summed E-state index contributed by atoms with van der Waals surface area (Å²) in [5, 5.41) is 5.00. The predicted octanol–water partition coefficient (Wildman–Crippen LogP) is 0.863. The molecule has 0 saturated heterocycles. The summed E-state index contributed by atoms with van der Waals surface area (Å²) in [5.74, 6) is 0.463. The first kappa shape index (κ1) is 18.2. The number of benzene rings is 1. The highest BCUT2D eigenvalue weighted by Crippen LogP contribution is 2.20. The van der Waals surface area contributed by atoms with Crippen LogP contribution >= 0.6 is 0 Å². The maximum atomic E-state index is 12.4. The fourth-order valence-corrected chi connectivity index (χ4v) is 3.67. The lowest BCUT2D eigenvalue weighted by molar-refractivity contribution is 0.573. The van der Waals surface area contributed by atoms with E-state index in [1.165, 1.54) is 18.7 Å². The Labute approximate surface area is 150 Å². The minimum absolute atomic E-state index is 0.103. The van der Waals surface area contributed by atoms with Gasteiger partial charge in [-0.05, 0) is 36.4 Å². The van der Waals surface area contributed by atoms with Crippen LogP contribution in [0.4, 0.5) is 0 Å². The molecule has 0 atom stereocenters. The summed E-state index contributed by atoms with van der Waals surface area (Å²) >= 11 is 0. The van der Waals surface area contributed by atoms with Crippen molar-refractivity contribution in [2.45, 2.75) is 16.3 Å². The van der Waals surface area contributed by atoms with Gasteiger partial charge in [-0.15, -0.1) is 0 Å². The largest absolute Gasteiger partial charge is 0.463 e. The van der Waals surface area contributed by atoms with E-state index in [1.54, 1.807) is 12.1 Å². The molecule has 0 aliphatic heterocycles. The van der Waals surface area contributed by atoms with Crippen LogP contribution in [0.3, 0.4) is 0 Å². The number of aromatic nitrogens is 2. The van der Waals surface area contributed by atoms with E-state index < -0.39 is 20.0 Å². The van der Waals surface area contributed by atoms with Gasteiger partial charge in [0, 0.05) is 12.4 Å². The molecule has 0 aliphatic rings. The van der Waals surface area contributed by atoms with Crippen LogP contribution in [0.5, 0.6) is 0 Å². The van der Waals surface area contributed by atoms with E-state index in [4.69, 9.17) is 9.56 Å². The highest BCUT2D eigenvalue weighted by atomic mass is 32.2. The second-order valence-corrected chi connectivity index (χ2v) is 8.50. The van der Waals surface area contributed by atoms with E-state index in [-0.39, 0.29) is 16.3 Å². The van der Waals surface area contributed by atoms with Crippen molar-refractivity contribution in [3.8, 4) is 11.5 Å². The Bertz CT molecular complexity index is 1110. The molecule has 3 rings (SSSR count). The van der Waals surface area contributed by atoms with E-state index in [1.807, 2.05) is 0 Å². The molecule has 0 fully saturated rings. The zero-order valence-corrected chi connectivity index (χ0v) is 14.9. The smallest absolute Gasteiger partial charge is 0.240 e. The summed E-state index contributed by atoms with van der Waals surface area (Å²) in [5.41, 5.74) is 0.803. The first-order chi connectivity index (χ1) is 12.3. The molecule has 2 aromatic heterocycles. The quantitative estimate of drug-likeness (QED) is 0.630. The summed E-state index contributed by atoms with van der Waals surface area (Å²) in [6, 6.07) is 7.94. The van der Waals surface area contributed by atoms with Gasteiger partial charge in [-0.25, -0.2) is 31.7 Å². The topological polar surface area (TPSA) is 145 Å². The third-order valence-electron chi connectivity index (χ3n) is 3.42. The molecule has 0 radical (unpaired) electrons. The van der Waals surface area contributed by atoms with Gasteiger partial charge in [-0.2, -0.15) is 0 Å². The summed E-state index contributed by atoms with van der Waals surface area (Å²) in [6.45, 7) is -0.122. The Hall–Kier alpha value is -2.60. The SMILES string of the molecule is NS(=O)(=O)c1ccc(S(=O)(=O)NCc2nccnc2-c2ccco2)cc1. The highest BCUT2D eigenvalue weighted by Gasteiger charge is 2.18. The second-order valence-electron chi connectivity index (χ2n) is 5.17. The molecular weight excluding hydrogens is 380 g/mol. The molecule has 9 nitrogen and oxygen atoms in total. The molecule has 3 aromatic rings. The molecule has 0 amide bonds. The molecule has 11 heteroatoms. The molecule has 0 spiro atoms. The van der Waals surface area contributed by atoms with Crippen molar-refractivity contribution in [1.29, 1.82) is 0 Å². The van der Waals surface area contributed by atoms with Crippen LogP contribution < -0.4 is 9.86 Å². The van der Waals surface area contributed by atoms with Crippen molar-refractivity contribution in [3.05, 3.63) is 60.7 Å². The molecule has 0 bridgehead atoms. The molecule has 0 saturated carbocycles. The molecule has 0 aliphatic carbocycles. The minimum Gasteiger partial charge on any atom is -0.463 e. The molecule has 26 heavy (non-hydrogen) atoms. The van der Waals surface area contributed by atoms with Gasteiger partial charge in [-0.1, -0.05) is 0 Å². The number of hydrogen-bond acceptors (Lipinski definition) is 7. The number of nitrogens with one attached hydrogen (secondary N) is 1. The monoisotopic (exact) mass is 394 g/mol. The van der Waals surface area contributed by atoms with Gasteiger partial charge in [0.1, 0.15) is 5.69 Å². The summed E-state index contributed by atoms with van der Waals surface area (Å²) < 4.78 is 55.0. The predicted molar refractivity (Wildman–Crippen MR) is 91.6 cm³/mol. The van der Waals surface area contributed by atoms with Crippen LogP contribution in [0.2, 0.25) is 0 Å². The van der Waals surface area contributed by atoms with Crippen molar-refractivity contribution >= 4 is 20.0 Å². The van der Waals surface area contributed by atoms with Crippen LogP contribution in [-0.4, -0.2) is 26.8 Å². The number of hydrogen-bond donors (Lipinski definition) is 2. The van der Waals surface area contributed by atoms with E-state index >= 15 is 0 Å². The lowest BCUT2D eigenvalue weighted by Gasteiger charge is -2.09. The Morgan fingerprint density at radius 3 is 2.23 bits per heavy atom. The van der Waals surface area contributed by atoms with E-state index in [9.17, 15) is 16.8 Å². The Morgan fingerprint density at radius 1 is 0.962 bits per heavy atom. The number of furan rings is 1. The van der Waals surface area contributed by atoms with E-state index in [2.05, 4.69) is 14.7 Å². The standard InChI is InChI=1S/C15H14N4O5S2/c16-25(20,21)11-3-5-12(6-4-11)26(22,23)19-10-13-15(18-8-7-17-13)14-2-1-9-24-14/h1-9,19H,10H2,(H2,16,20,21). The van der Waals surface area contributed by atoms with Gasteiger partial charge < -0.3 is 4.42 Å².